The molecule has 7 heteroatoms. The summed E-state index contributed by atoms with van der Waals surface area (Å²) in [6, 6.07) is 15.4. The van der Waals surface area contributed by atoms with Crippen molar-refractivity contribution >= 4 is 5.82 Å². The van der Waals surface area contributed by atoms with Crippen LogP contribution in [0.3, 0.4) is 0 Å². The summed E-state index contributed by atoms with van der Waals surface area (Å²) in [6.45, 7) is 4.06. The van der Waals surface area contributed by atoms with Crippen molar-refractivity contribution in [2.45, 2.75) is 26.3 Å². The van der Waals surface area contributed by atoms with Gasteiger partial charge in [-0.25, -0.2) is 14.6 Å². The zero-order chi connectivity index (χ0) is 20.2. The van der Waals surface area contributed by atoms with Crippen molar-refractivity contribution in [1.82, 2.24) is 24.7 Å². The van der Waals surface area contributed by atoms with Crippen molar-refractivity contribution in [3.05, 3.63) is 88.7 Å². The third-order valence-corrected chi connectivity index (χ3v) is 4.71. The lowest BCUT2D eigenvalue weighted by atomic mass is 10.1. The number of hydrogen-bond donors (Lipinski definition) is 2. The van der Waals surface area contributed by atoms with Crippen LogP contribution in [0.15, 0.2) is 71.9 Å². The highest BCUT2D eigenvalue weighted by Gasteiger charge is 2.13. The number of aryl methyl sites for hydroxylation is 1. The Hall–Kier alpha value is -3.74. The first kappa shape index (κ1) is 18.6. The number of aromatic nitrogens is 5. The van der Waals surface area contributed by atoms with E-state index >= 15 is 0 Å². The van der Waals surface area contributed by atoms with Gasteiger partial charge >= 0.3 is 0 Å². The van der Waals surface area contributed by atoms with E-state index in [-0.39, 0.29) is 11.6 Å². The molecule has 29 heavy (non-hydrogen) atoms. The van der Waals surface area contributed by atoms with Crippen LogP contribution >= 0.6 is 0 Å². The van der Waals surface area contributed by atoms with Gasteiger partial charge in [-0.15, -0.1) is 0 Å². The predicted molar refractivity (Wildman–Crippen MR) is 113 cm³/mol. The number of nitrogens with zero attached hydrogens (tertiary/aromatic N) is 4. The minimum atomic E-state index is -0.155. The number of hydrogen-bond acceptors (Lipinski definition) is 5. The first-order chi connectivity index (χ1) is 14.1. The molecule has 2 N–H and O–H groups in total. The molecule has 4 aromatic rings. The van der Waals surface area contributed by atoms with Gasteiger partial charge in [-0.1, -0.05) is 25.1 Å². The van der Waals surface area contributed by atoms with E-state index in [0.29, 0.717) is 12.2 Å². The Morgan fingerprint density at radius 1 is 1.17 bits per heavy atom. The van der Waals surface area contributed by atoms with Crippen molar-refractivity contribution in [1.29, 1.82) is 0 Å². The van der Waals surface area contributed by atoms with Gasteiger partial charge in [0.15, 0.2) is 0 Å². The van der Waals surface area contributed by atoms with E-state index in [1.54, 1.807) is 12.4 Å². The van der Waals surface area contributed by atoms with Gasteiger partial charge in [0, 0.05) is 35.9 Å². The summed E-state index contributed by atoms with van der Waals surface area (Å²) in [5.74, 6) is 1.27. The SMILES string of the molecule is CCc1cc(=O)[nH]c(-c2ccc(NC(C)c3ccccc3-n3cccn3)nc2)n1. The van der Waals surface area contributed by atoms with Gasteiger partial charge < -0.3 is 10.3 Å². The van der Waals surface area contributed by atoms with Gasteiger partial charge in [-0.3, -0.25) is 4.79 Å². The lowest BCUT2D eigenvalue weighted by Gasteiger charge is -2.18. The molecule has 7 nitrogen and oxygen atoms in total. The average molecular weight is 386 g/mol. The third-order valence-electron chi connectivity index (χ3n) is 4.71. The van der Waals surface area contributed by atoms with Crippen LogP contribution in [0, 0.1) is 0 Å². The van der Waals surface area contributed by atoms with Crippen LogP contribution in [-0.2, 0) is 6.42 Å². The summed E-state index contributed by atoms with van der Waals surface area (Å²) in [5.41, 5.74) is 3.51. The molecule has 146 valence electrons. The van der Waals surface area contributed by atoms with E-state index < -0.39 is 0 Å². The topological polar surface area (TPSA) is 88.5 Å². The van der Waals surface area contributed by atoms with E-state index in [1.807, 2.05) is 54.2 Å². The van der Waals surface area contributed by atoms with Gasteiger partial charge in [-0.05, 0) is 43.2 Å². The highest BCUT2D eigenvalue weighted by atomic mass is 16.1. The summed E-state index contributed by atoms with van der Waals surface area (Å²) in [4.78, 5) is 23.6. The maximum atomic E-state index is 11.8. The molecule has 0 aliphatic rings. The molecule has 0 aliphatic heterocycles. The van der Waals surface area contributed by atoms with Crippen molar-refractivity contribution < 1.29 is 0 Å². The molecule has 1 aromatic carbocycles. The largest absolute Gasteiger partial charge is 0.363 e. The maximum absolute atomic E-state index is 11.8. The van der Waals surface area contributed by atoms with Gasteiger partial charge in [-0.2, -0.15) is 5.10 Å². The molecule has 4 rings (SSSR count). The van der Waals surface area contributed by atoms with Crippen molar-refractivity contribution in [2.75, 3.05) is 5.32 Å². The standard InChI is InChI=1S/C22H22N6O/c1-3-17-13-21(29)27-22(26-17)16-9-10-20(23-14-16)25-15(2)18-7-4-5-8-19(18)28-12-6-11-24-28/h4-15H,3H2,1-2H3,(H,23,25)(H,26,27,29). The zero-order valence-electron chi connectivity index (χ0n) is 16.3. The number of pyridine rings is 1. The molecule has 1 unspecified atom stereocenters. The normalized spacial score (nSPS) is 11.9. The number of benzene rings is 1. The first-order valence-electron chi connectivity index (χ1n) is 9.56. The third kappa shape index (κ3) is 4.08. The second kappa shape index (κ2) is 8.10. The lowest BCUT2D eigenvalue weighted by molar-refractivity contribution is 0.814. The fourth-order valence-corrected chi connectivity index (χ4v) is 3.22. The molecular formula is C22H22N6O. The van der Waals surface area contributed by atoms with Crippen molar-refractivity contribution in [2.24, 2.45) is 0 Å². The van der Waals surface area contributed by atoms with Crippen LogP contribution in [0.1, 0.15) is 31.1 Å². The lowest BCUT2D eigenvalue weighted by Crippen LogP contribution is -2.12. The van der Waals surface area contributed by atoms with Crippen LogP contribution in [0.25, 0.3) is 17.1 Å². The fraction of sp³-hybridized carbons (Fsp3) is 0.182. The summed E-state index contributed by atoms with van der Waals surface area (Å²) >= 11 is 0. The van der Waals surface area contributed by atoms with Crippen molar-refractivity contribution in [3.63, 3.8) is 0 Å². The van der Waals surface area contributed by atoms with E-state index in [0.717, 1.165) is 28.3 Å². The highest BCUT2D eigenvalue weighted by molar-refractivity contribution is 5.56. The quantitative estimate of drug-likeness (QED) is 0.527. The maximum Gasteiger partial charge on any atom is 0.251 e. The fourth-order valence-electron chi connectivity index (χ4n) is 3.22. The number of aromatic amines is 1. The molecule has 0 radical (unpaired) electrons. The van der Waals surface area contributed by atoms with Crippen LogP contribution < -0.4 is 10.9 Å². The Morgan fingerprint density at radius 3 is 2.76 bits per heavy atom. The molecule has 0 bridgehead atoms. The Morgan fingerprint density at radius 2 is 2.03 bits per heavy atom. The molecule has 0 spiro atoms. The second-order valence-corrected chi connectivity index (χ2v) is 6.75. The summed E-state index contributed by atoms with van der Waals surface area (Å²) in [7, 11) is 0. The van der Waals surface area contributed by atoms with Crippen molar-refractivity contribution in [3.8, 4) is 17.1 Å². The molecule has 0 aliphatic carbocycles. The van der Waals surface area contributed by atoms with E-state index in [1.165, 1.54) is 6.07 Å². The van der Waals surface area contributed by atoms with Gasteiger partial charge in [0.05, 0.1) is 11.7 Å². The molecule has 3 aromatic heterocycles. The molecule has 0 saturated heterocycles. The smallest absolute Gasteiger partial charge is 0.251 e. The van der Waals surface area contributed by atoms with Crippen LogP contribution in [-0.4, -0.2) is 24.7 Å². The van der Waals surface area contributed by atoms with E-state index in [2.05, 4.69) is 38.4 Å². The summed E-state index contributed by atoms with van der Waals surface area (Å²) in [5, 5.41) is 7.77. The predicted octanol–water partition coefficient (Wildman–Crippen LogP) is 3.75. The molecule has 1 atom stereocenters. The minimum Gasteiger partial charge on any atom is -0.363 e. The number of nitrogens with one attached hydrogen (secondary N) is 2. The minimum absolute atomic E-state index is 0.0232. The number of para-hydroxylation sites is 1. The Bertz CT molecular complexity index is 1150. The van der Waals surface area contributed by atoms with Gasteiger partial charge in [0.25, 0.3) is 5.56 Å². The number of rotatable bonds is 6. The second-order valence-electron chi connectivity index (χ2n) is 6.75. The average Bonchev–Trinajstić information content (AvgIpc) is 3.28. The van der Waals surface area contributed by atoms with Crippen LogP contribution in [0.2, 0.25) is 0 Å². The Labute approximate surface area is 168 Å². The van der Waals surface area contributed by atoms with E-state index in [9.17, 15) is 4.79 Å². The zero-order valence-corrected chi connectivity index (χ0v) is 16.3. The summed E-state index contributed by atoms with van der Waals surface area (Å²) < 4.78 is 1.85. The Balaban J connectivity index is 1.56. The number of anilines is 1. The number of H-pyrrole nitrogens is 1. The molecule has 0 fully saturated rings. The molecule has 3 heterocycles. The highest BCUT2D eigenvalue weighted by Crippen LogP contribution is 2.24. The monoisotopic (exact) mass is 386 g/mol. The molecule has 0 amide bonds. The van der Waals surface area contributed by atoms with Crippen LogP contribution in [0.4, 0.5) is 5.82 Å². The molecule has 0 saturated carbocycles. The summed E-state index contributed by atoms with van der Waals surface area (Å²) in [6.07, 6.45) is 6.11. The van der Waals surface area contributed by atoms with Gasteiger partial charge in [0.1, 0.15) is 11.6 Å². The Kier molecular flexibility index (Phi) is 5.20. The van der Waals surface area contributed by atoms with Crippen LogP contribution in [0.5, 0.6) is 0 Å². The van der Waals surface area contributed by atoms with Gasteiger partial charge in [0.2, 0.25) is 0 Å². The molecular weight excluding hydrogens is 364 g/mol. The first-order valence-corrected chi connectivity index (χ1v) is 9.56. The van der Waals surface area contributed by atoms with E-state index in [4.69, 9.17) is 0 Å².